The lowest BCUT2D eigenvalue weighted by Crippen LogP contribution is -2.35. The second kappa shape index (κ2) is 7.18. The summed E-state index contributed by atoms with van der Waals surface area (Å²) in [7, 11) is 1.66. The largest absolute Gasteiger partial charge is 0.497 e. The zero-order chi connectivity index (χ0) is 15.4. The maximum Gasteiger partial charge on any atom is 0.241 e. The Morgan fingerprint density at radius 3 is 2.62 bits per heavy atom. The summed E-state index contributed by atoms with van der Waals surface area (Å²) in [4.78, 5) is 14.3. The van der Waals surface area contributed by atoms with Crippen molar-refractivity contribution in [2.75, 3.05) is 25.7 Å². The molecule has 2 rings (SSSR count). The smallest absolute Gasteiger partial charge is 0.241 e. The Morgan fingerprint density at radius 1 is 1.38 bits per heavy atom. The van der Waals surface area contributed by atoms with Gasteiger partial charge in [-0.05, 0) is 42.5 Å². The molecule has 1 heterocycles. The fourth-order valence-electron chi connectivity index (χ4n) is 2.70. The van der Waals surface area contributed by atoms with Crippen LogP contribution in [0.4, 0.5) is 0 Å². The van der Waals surface area contributed by atoms with Crippen LogP contribution in [-0.2, 0) is 4.79 Å². The number of benzene rings is 1. The highest BCUT2D eigenvalue weighted by atomic mass is 32.2. The van der Waals surface area contributed by atoms with E-state index in [1.807, 2.05) is 47.9 Å². The van der Waals surface area contributed by atoms with Crippen molar-refractivity contribution < 1.29 is 9.53 Å². The first kappa shape index (κ1) is 16.2. The summed E-state index contributed by atoms with van der Waals surface area (Å²) >= 11 is 1.82. The van der Waals surface area contributed by atoms with E-state index in [-0.39, 0.29) is 18.1 Å². The number of nitrogens with one attached hydrogen (secondary N) is 1. The molecule has 1 amide bonds. The average molecular weight is 308 g/mol. The number of ether oxygens (including phenoxy) is 1. The number of methoxy groups -OCH3 is 1. The monoisotopic (exact) mass is 308 g/mol. The van der Waals surface area contributed by atoms with Crippen LogP contribution in [0.25, 0.3) is 0 Å². The van der Waals surface area contributed by atoms with Crippen LogP contribution in [0.1, 0.15) is 25.6 Å². The Bertz CT molecular complexity index is 478. The van der Waals surface area contributed by atoms with Crippen LogP contribution in [0.3, 0.4) is 0 Å². The minimum absolute atomic E-state index is 0.0392. The van der Waals surface area contributed by atoms with Gasteiger partial charge < -0.3 is 9.64 Å². The summed E-state index contributed by atoms with van der Waals surface area (Å²) in [5.74, 6) is 2.56. The van der Waals surface area contributed by atoms with Crippen molar-refractivity contribution in [1.82, 2.24) is 10.2 Å². The van der Waals surface area contributed by atoms with Crippen LogP contribution in [0.5, 0.6) is 5.75 Å². The lowest BCUT2D eigenvalue weighted by molar-refractivity contribution is -0.130. The number of nitrogens with zero attached hydrogens (tertiary/aromatic N) is 1. The quantitative estimate of drug-likeness (QED) is 0.877. The van der Waals surface area contributed by atoms with Crippen LogP contribution >= 0.6 is 11.8 Å². The number of carbonyl (C=O) groups is 1. The Hall–Kier alpha value is -1.20. The van der Waals surface area contributed by atoms with Crippen molar-refractivity contribution in [3.63, 3.8) is 0 Å². The number of carbonyl (C=O) groups excluding carboxylic acids is 1. The van der Waals surface area contributed by atoms with E-state index in [1.54, 1.807) is 7.11 Å². The number of rotatable bonds is 6. The molecule has 5 heteroatoms. The van der Waals surface area contributed by atoms with Gasteiger partial charge in [0.15, 0.2) is 0 Å². The van der Waals surface area contributed by atoms with Gasteiger partial charge in [0, 0.05) is 6.54 Å². The molecule has 4 nitrogen and oxygen atoms in total. The van der Waals surface area contributed by atoms with Crippen molar-refractivity contribution in [1.29, 1.82) is 0 Å². The van der Waals surface area contributed by atoms with Gasteiger partial charge >= 0.3 is 0 Å². The molecule has 3 atom stereocenters. The van der Waals surface area contributed by atoms with E-state index in [9.17, 15) is 4.79 Å². The standard InChI is InChI=1S/C16H24N2O2S/c1-11(10-21-4)9-18-15(17-12(2)16(18)19)13-5-7-14(20-3)8-6-13/h5-8,11-12,15,17H,9-10H2,1-4H3. The molecule has 1 saturated heterocycles. The van der Waals surface area contributed by atoms with Crippen LogP contribution in [0.15, 0.2) is 24.3 Å². The van der Waals surface area contributed by atoms with Crippen molar-refractivity contribution >= 4 is 17.7 Å². The van der Waals surface area contributed by atoms with Crippen molar-refractivity contribution in [2.24, 2.45) is 5.92 Å². The summed E-state index contributed by atoms with van der Waals surface area (Å²) in [6.07, 6.45) is 2.06. The van der Waals surface area contributed by atoms with Gasteiger partial charge in [0.1, 0.15) is 11.9 Å². The van der Waals surface area contributed by atoms with Gasteiger partial charge in [0.05, 0.1) is 13.2 Å². The normalized spacial score (nSPS) is 23.4. The number of amides is 1. The van der Waals surface area contributed by atoms with Crippen LogP contribution in [0.2, 0.25) is 0 Å². The SMILES string of the molecule is COc1ccc(C2NC(C)C(=O)N2CC(C)CSC)cc1. The van der Waals surface area contributed by atoms with E-state index >= 15 is 0 Å². The number of hydrogen-bond acceptors (Lipinski definition) is 4. The molecule has 0 saturated carbocycles. The summed E-state index contributed by atoms with van der Waals surface area (Å²) in [5.41, 5.74) is 1.10. The van der Waals surface area contributed by atoms with E-state index in [2.05, 4.69) is 18.5 Å². The molecule has 1 aromatic carbocycles. The molecule has 0 spiro atoms. The van der Waals surface area contributed by atoms with Gasteiger partial charge in [-0.3, -0.25) is 10.1 Å². The van der Waals surface area contributed by atoms with E-state index in [0.29, 0.717) is 5.92 Å². The van der Waals surface area contributed by atoms with Gasteiger partial charge in [0.25, 0.3) is 0 Å². The van der Waals surface area contributed by atoms with E-state index in [1.165, 1.54) is 0 Å². The molecule has 0 aliphatic carbocycles. The van der Waals surface area contributed by atoms with Crippen LogP contribution < -0.4 is 10.1 Å². The molecule has 1 aliphatic rings. The number of thioether (sulfide) groups is 1. The minimum Gasteiger partial charge on any atom is -0.497 e. The Morgan fingerprint density at radius 2 is 2.05 bits per heavy atom. The van der Waals surface area contributed by atoms with Gasteiger partial charge in [-0.2, -0.15) is 11.8 Å². The van der Waals surface area contributed by atoms with E-state index < -0.39 is 0 Å². The zero-order valence-corrected chi connectivity index (χ0v) is 13.9. The maximum absolute atomic E-state index is 12.4. The molecule has 1 fully saturated rings. The molecule has 1 aliphatic heterocycles. The Balaban J connectivity index is 2.16. The topological polar surface area (TPSA) is 41.6 Å². The molecular weight excluding hydrogens is 284 g/mol. The highest BCUT2D eigenvalue weighted by molar-refractivity contribution is 7.98. The van der Waals surface area contributed by atoms with Crippen molar-refractivity contribution in [3.05, 3.63) is 29.8 Å². The molecule has 1 aromatic rings. The van der Waals surface area contributed by atoms with E-state index in [0.717, 1.165) is 23.6 Å². The third kappa shape index (κ3) is 3.71. The Labute approximate surface area is 131 Å². The lowest BCUT2D eigenvalue weighted by Gasteiger charge is -2.27. The summed E-state index contributed by atoms with van der Waals surface area (Å²) < 4.78 is 5.19. The summed E-state index contributed by atoms with van der Waals surface area (Å²) in [6.45, 7) is 4.91. The third-order valence-corrected chi connectivity index (χ3v) is 4.67. The van der Waals surface area contributed by atoms with Gasteiger partial charge in [-0.15, -0.1) is 0 Å². The molecule has 3 unspecified atom stereocenters. The van der Waals surface area contributed by atoms with Crippen LogP contribution in [-0.4, -0.2) is 42.5 Å². The second-order valence-electron chi connectivity index (χ2n) is 5.62. The number of hydrogen-bond donors (Lipinski definition) is 1. The lowest BCUT2D eigenvalue weighted by atomic mass is 10.1. The first-order chi connectivity index (χ1) is 10.1. The minimum atomic E-state index is -0.126. The summed E-state index contributed by atoms with van der Waals surface area (Å²) in [5, 5.41) is 3.38. The van der Waals surface area contributed by atoms with Crippen LogP contribution in [0, 0.1) is 5.92 Å². The molecule has 116 valence electrons. The summed E-state index contributed by atoms with van der Waals surface area (Å²) in [6, 6.07) is 7.79. The first-order valence-corrected chi connectivity index (χ1v) is 8.65. The first-order valence-electron chi connectivity index (χ1n) is 7.26. The third-order valence-electron chi connectivity index (χ3n) is 3.76. The maximum atomic E-state index is 12.4. The molecule has 0 aromatic heterocycles. The van der Waals surface area contributed by atoms with Gasteiger partial charge in [-0.1, -0.05) is 19.1 Å². The fourth-order valence-corrected chi connectivity index (χ4v) is 3.38. The van der Waals surface area contributed by atoms with Gasteiger partial charge in [0.2, 0.25) is 5.91 Å². The second-order valence-corrected chi connectivity index (χ2v) is 6.53. The average Bonchev–Trinajstić information content (AvgIpc) is 2.76. The van der Waals surface area contributed by atoms with Crippen molar-refractivity contribution in [2.45, 2.75) is 26.1 Å². The highest BCUT2D eigenvalue weighted by Gasteiger charge is 2.37. The zero-order valence-electron chi connectivity index (χ0n) is 13.1. The van der Waals surface area contributed by atoms with Gasteiger partial charge in [-0.25, -0.2) is 0 Å². The molecule has 0 bridgehead atoms. The molecular formula is C16H24N2O2S. The predicted molar refractivity (Wildman–Crippen MR) is 87.6 cm³/mol. The molecule has 0 radical (unpaired) electrons. The molecule has 21 heavy (non-hydrogen) atoms. The molecule has 1 N–H and O–H groups in total. The fraction of sp³-hybridized carbons (Fsp3) is 0.562. The highest BCUT2D eigenvalue weighted by Crippen LogP contribution is 2.28. The van der Waals surface area contributed by atoms with Crippen molar-refractivity contribution in [3.8, 4) is 5.75 Å². The predicted octanol–water partition coefficient (Wildman–Crippen LogP) is 2.51. The Kier molecular flexibility index (Phi) is 5.53. The van der Waals surface area contributed by atoms with E-state index in [4.69, 9.17) is 4.74 Å².